The second-order valence-electron chi connectivity index (χ2n) is 5.05. The molecule has 0 aliphatic carbocycles. The molecule has 0 aromatic rings. The first-order chi connectivity index (χ1) is 7.24. The monoisotopic (exact) mass is 228 g/mol. The molecular weight excluding hydrogens is 204 g/mol. The van der Waals surface area contributed by atoms with Crippen LogP contribution in [-0.2, 0) is 9.53 Å². The van der Waals surface area contributed by atoms with Crippen LogP contribution in [0.4, 0.5) is 0 Å². The van der Waals surface area contributed by atoms with Crippen molar-refractivity contribution in [3.8, 4) is 0 Å². The van der Waals surface area contributed by atoms with Crippen LogP contribution in [0.15, 0.2) is 12.7 Å². The summed E-state index contributed by atoms with van der Waals surface area (Å²) in [5.41, 5.74) is 5.19. The van der Waals surface area contributed by atoms with Crippen molar-refractivity contribution in [1.82, 2.24) is 4.90 Å². The van der Waals surface area contributed by atoms with Crippen molar-refractivity contribution in [2.45, 2.75) is 38.8 Å². The van der Waals surface area contributed by atoms with Gasteiger partial charge in [-0.05, 0) is 40.8 Å². The Morgan fingerprint density at radius 2 is 2.12 bits per heavy atom. The number of nitrogens with zero attached hydrogens (tertiary/aromatic N) is 1. The maximum absolute atomic E-state index is 10.5. The van der Waals surface area contributed by atoms with Gasteiger partial charge in [0.25, 0.3) is 0 Å². The Labute approximate surface area is 98.4 Å². The van der Waals surface area contributed by atoms with E-state index in [4.69, 9.17) is 10.5 Å². The molecule has 1 fully saturated rings. The Morgan fingerprint density at radius 3 is 2.25 bits per heavy atom. The van der Waals surface area contributed by atoms with Crippen molar-refractivity contribution in [2.24, 2.45) is 5.73 Å². The van der Waals surface area contributed by atoms with Crippen LogP contribution in [0.5, 0.6) is 0 Å². The van der Waals surface area contributed by atoms with Crippen LogP contribution >= 0.6 is 0 Å². The lowest BCUT2D eigenvalue weighted by atomic mass is 10.2. The van der Waals surface area contributed by atoms with E-state index in [-0.39, 0.29) is 5.97 Å². The van der Waals surface area contributed by atoms with Crippen molar-refractivity contribution in [3.63, 3.8) is 0 Å². The summed E-state index contributed by atoms with van der Waals surface area (Å²) in [6, 6.07) is 0.449. The molecule has 1 unspecified atom stereocenters. The molecule has 0 aromatic heterocycles. The van der Waals surface area contributed by atoms with Gasteiger partial charge >= 0.3 is 5.97 Å². The Bertz CT molecular complexity index is 226. The van der Waals surface area contributed by atoms with Crippen LogP contribution in [0.1, 0.15) is 27.2 Å². The summed E-state index contributed by atoms with van der Waals surface area (Å²) in [6.07, 6.45) is 2.34. The van der Waals surface area contributed by atoms with E-state index in [9.17, 15) is 4.79 Å². The normalized spacial score (nSPS) is 20.9. The van der Waals surface area contributed by atoms with Crippen LogP contribution in [0.25, 0.3) is 0 Å². The SMILES string of the molecule is C=CC(=O)OC(C)(C)C.CN1CCC(N)C1. The van der Waals surface area contributed by atoms with Gasteiger partial charge in [-0.2, -0.15) is 0 Å². The average Bonchev–Trinajstić information content (AvgIpc) is 2.48. The van der Waals surface area contributed by atoms with E-state index in [1.807, 2.05) is 20.8 Å². The van der Waals surface area contributed by atoms with E-state index in [0.29, 0.717) is 6.04 Å². The summed E-state index contributed by atoms with van der Waals surface area (Å²) >= 11 is 0. The molecule has 4 heteroatoms. The first-order valence-corrected chi connectivity index (χ1v) is 5.54. The van der Waals surface area contributed by atoms with E-state index in [1.54, 1.807) is 0 Å². The van der Waals surface area contributed by atoms with Gasteiger partial charge in [0.05, 0.1) is 0 Å². The van der Waals surface area contributed by atoms with E-state index in [2.05, 4.69) is 18.5 Å². The smallest absolute Gasteiger partial charge is 0.330 e. The number of hydrogen-bond donors (Lipinski definition) is 1. The predicted molar refractivity (Wildman–Crippen MR) is 66.1 cm³/mol. The molecule has 0 bridgehead atoms. The molecule has 4 nitrogen and oxygen atoms in total. The molecule has 0 amide bonds. The number of ether oxygens (including phenoxy) is 1. The third kappa shape index (κ3) is 8.44. The predicted octanol–water partition coefficient (Wildman–Crippen LogP) is 1.16. The number of likely N-dealkylation sites (N-methyl/N-ethyl adjacent to an activating group) is 1. The largest absolute Gasteiger partial charge is 0.457 e. The van der Waals surface area contributed by atoms with Gasteiger partial charge in [0.15, 0.2) is 0 Å². The minimum atomic E-state index is -0.398. The van der Waals surface area contributed by atoms with E-state index < -0.39 is 5.60 Å². The molecular formula is C12H24N2O2. The quantitative estimate of drug-likeness (QED) is 0.540. The van der Waals surface area contributed by atoms with Crippen molar-refractivity contribution in [3.05, 3.63) is 12.7 Å². The van der Waals surface area contributed by atoms with Crippen molar-refractivity contribution in [1.29, 1.82) is 0 Å². The Morgan fingerprint density at radius 1 is 1.56 bits per heavy atom. The van der Waals surface area contributed by atoms with Crippen LogP contribution in [0.2, 0.25) is 0 Å². The summed E-state index contributed by atoms with van der Waals surface area (Å²) in [4.78, 5) is 12.7. The van der Waals surface area contributed by atoms with Crippen molar-refractivity contribution >= 4 is 5.97 Å². The molecule has 16 heavy (non-hydrogen) atoms. The molecule has 0 aromatic carbocycles. The summed E-state index contributed by atoms with van der Waals surface area (Å²) in [5, 5.41) is 0. The number of hydrogen-bond acceptors (Lipinski definition) is 4. The van der Waals surface area contributed by atoms with Crippen molar-refractivity contribution in [2.75, 3.05) is 20.1 Å². The van der Waals surface area contributed by atoms with Gasteiger partial charge in [0.1, 0.15) is 5.60 Å². The highest BCUT2D eigenvalue weighted by molar-refractivity contribution is 5.81. The molecule has 1 atom stereocenters. The number of carbonyl (C=O) groups excluding carboxylic acids is 1. The summed E-state index contributed by atoms with van der Waals surface area (Å²) < 4.78 is 4.83. The van der Waals surface area contributed by atoms with Crippen LogP contribution in [0.3, 0.4) is 0 Å². The third-order valence-corrected chi connectivity index (χ3v) is 2.00. The number of carbonyl (C=O) groups is 1. The minimum Gasteiger partial charge on any atom is -0.457 e. The molecule has 1 rings (SSSR count). The molecule has 0 spiro atoms. The van der Waals surface area contributed by atoms with E-state index >= 15 is 0 Å². The van der Waals surface area contributed by atoms with Crippen molar-refractivity contribution < 1.29 is 9.53 Å². The fourth-order valence-electron chi connectivity index (χ4n) is 1.31. The summed E-state index contributed by atoms with van der Waals surface area (Å²) in [5.74, 6) is -0.373. The molecule has 1 aliphatic rings. The lowest BCUT2D eigenvalue weighted by Gasteiger charge is -2.17. The zero-order chi connectivity index (χ0) is 12.8. The van der Waals surface area contributed by atoms with Gasteiger partial charge in [-0.15, -0.1) is 0 Å². The Hall–Kier alpha value is -0.870. The van der Waals surface area contributed by atoms with Gasteiger partial charge in [-0.25, -0.2) is 4.79 Å². The van der Waals surface area contributed by atoms with Gasteiger partial charge in [-0.3, -0.25) is 0 Å². The lowest BCUT2D eigenvalue weighted by Crippen LogP contribution is -2.23. The fraction of sp³-hybridized carbons (Fsp3) is 0.750. The number of likely N-dealkylation sites (tertiary alicyclic amines) is 1. The number of rotatable bonds is 1. The van der Waals surface area contributed by atoms with E-state index in [1.165, 1.54) is 13.0 Å². The maximum atomic E-state index is 10.5. The molecule has 1 aliphatic heterocycles. The van der Waals surface area contributed by atoms with Gasteiger partial charge in [0, 0.05) is 18.7 Å². The molecule has 1 heterocycles. The highest BCUT2D eigenvalue weighted by Crippen LogP contribution is 2.06. The topological polar surface area (TPSA) is 55.6 Å². The lowest BCUT2D eigenvalue weighted by molar-refractivity contribution is -0.148. The Balaban J connectivity index is 0.000000288. The highest BCUT2D eigenvalue weighted by atomic mass is 16.6. The zero-order valence-corrected chi connectivity index (χ0v) is 10.8. The maximum Gasteiger partial charge on any atom is 0.330 e. The van der Waals surface area contributed by atoms with Crippen LogP contribution in [-0.4, -0.2) is 42.6 Å². The zero-order valence-electron chi connectivity index (χ0n) is 10.8. The first-order valence-electron chi connectivity index (χ1n) is 5.54. The number of nitrogens with two attached hydrogens (primary N) is 1. The molecule has 94 valence electrons. The third-order valence-electron chi connectivity index (χ3n) is 2.00. The second-order valence-corrected chi connectivity index (χ2v) is 5.05. The van der Waals surface area contributed by atoms with Crippen LogP contribution in [0, 0.1) is 0 Å². The summed E-state index contributed by atoms with van der Waals surface area (Å²) in [7, 11) is 2.10. The molecule has 0 radical (unpaired) electrons. The van der Waals surface area contributed by atoms with E-state index in [0.717, 1.165) is 12.6 Å². The molecule has 2 N–H and O–H groups in total. The number of esters is 1. The average molecular weight is 228 g/mol. The first kappa shape index (κ1) is 15.1. The second kappa shape index (κ2) is 6.66. The van der Waals surface area contributed by atoms with Gasteiger partial charge < -0.3 is 15.4 Å². The van der Waals surface area contributed by atoms with Gasteiger partial charge in [-0.1, -0.05) is 6.58 Å². The molecule has 0 saturated carbocycles. The molecule has 1 saturated heterocycles. The standard InChI is InChI=1S/C7H12O2.C5H12N2/c1-5-6(8)9-7(2,3)4;1-7-3-2-5(6)4-7/h5H,1H2,2-4H3;5H,2-4,6H2,1H3. The summed E-state index contributed by atoms with van der Waals surface area (Å²) in [6.45, 7) is 11.0. The fourth-order valence-corrected chi connectivity index (χ4v) is 1.31. The Kier molecular flexibility index (Phi) is 6.29. The van der Waals surface area contributed by atoms with Crippen LogP contribution < -0.4 is 5.73 Å². The van der Waals surface area contributed by atoms with Gasteiger partial charge in [0.2, 0.25) is 0 Å². The highest BCUT2D eigenvalue weighted by Gasteiger charge is 2.13. The minimum absolute atomic E-state index is 0.373.